The van der Waals surface area contributed by atoms with E-state index in [-0.39, 0.29) is 45.7 Å². The molecular formula is C41H35Cl2N13O4. The zero-order valence-corrected chi connectivity index (χ0v) is 33.9. The standard InChI is InChI=1S/C20H15ClN6O2.C20H17N7O2.CH3Cl/c2*1-12-22-9-15(10-23-12)26-5-4-13-8-14(2-3-16(13)26)27-6-7-29-19-17(20(27)28)18(21)24-11-25-19;1-2/h2-5,8-11H,6-7H2,1H3;2-5,8-11H,6-7H2,1H3,(H2,21,24,25);1H3. The molecule has 0 radical (unpaired) electrons. The third-order valence-corrected chi connectivity index (χ3v) is 9.98. The highest BCUT2D eigenvalue weighted by Gasteiger charge is 2.30. The van der Waals surface area contributed by atoms with Crippen LogP contribution >= 0.6 is 23.2 Å². The minimum atomic E-state index is -0.284. The van der Waals surface area contributed by atoms with E-state index in [2.05, 4.69) is 51.5 Å². The average Bonchev–Trinajstić information content (AvgIpc) is 3.79. The molecule has 0 fully saturated rings. The fourth-order valence-corrected chi connectivity index (χ4v) is 7.04. The van der Waals surface area contributed by atoms with Crippen LogP contribution < -0.4 is 25.0 Å². The van der Waals surface area contributed by atoms with Crippen molar-refractivity contribution in [1.29, 1.82) is 0 Å². The van der Waals surface area contributed by atoms with Crippen LogP contribution in [0.4, 0.5) is 17.2 Å². The van der Waals surface area contributed by atoms with Gasteiger partial charge in [0.05, 0.1) is 60.3 Å². The molecule has 2 N–H and O–H groups in total. The van der Waals surface area contributed by atoms with Gasteiger partial charge in [0.25, 0.3) is 11.8 Å². The Morgan fingerprint density at radius 1 is 0.583 bits per heavy atom. The van der Waals surface area contributed by atoms with Crippen molar-refractivity contribution >= 4 is 74.0 Å². The Kier molecular flexibility index (Phi) is 11.2. The van der Waals surface area contributed by atoms with Gasteiger partial charge in [0.1, 0.15) is 59.6 Å². The quantitative estimate of drug-likeness (QED) is 0.155. The van der Waals surface area contributed by atoms with Crippen molar-refractivity contribution in [2.75, 3.05) is 48.2 Å². The monoisotopic (exact) mass is 843 g/mol. The van der Waals surface area contributed by atoms with Gasteiger partial charge >= 0.3 is 0 Å². The lowest BCUT2D eigenvalue weighted by atomic mass is 10.2. The van der Waals surface area contributed by atoms with Crippen LogP contribution in [-0.2, 0) is 0 Å². The molecule has 0 spiro atoms. The molecule has 19 heteroatoms. The van der Waals surface area contributed by atoms with E-state index in [1.165, 1.54) is 19.0 Å². The first-order valence-corrected chi connectivity index (χ1v) is 19.6. The second-order valence-corrected chi connectivity index (χ2v) is 13.6. The molecule has 2 amide bonds. The van der Waals surface area contributed by atoms with Crippen LogP contribution in [0.5, 0.6) is 11.8 Å². The van der Waals surface area contributed by atoms with Gasteiger partial charge in [-0.1, -0.05) is 11.6 Å². The maximum atomic E-state index is 13.1. The van der Waals surface area contributed by atoms with E-state index in [0.717, 1.165) is 56.2 Å². The number of anilines is 3. The number of hydrogen-bond acceptors (Lipinski definition) is 13. The van der Waals surface area contributed by atoms with Crippen LogP contribution in [0, 0.1) is 13.8 Å². The number of rotatable bonds is 4. The number of nitrogens with two attached hydrogens (primary N) is 1. The molecule has 8 aromatic rings. The summed E-state index contributed by atoms with van der Waals surface area (Å²) in [5, 5.41) is 2.05. The van der Waals surface area contributed by atoms with Gasteiger partial charge in [0.15, 0.2) is 0 Å². The number of benzene rings is 2. The predicted octanol–water partition coefficient (Wildman–Crippen LogP) is 6.21. The largest absolute Gasteiger partial charge is 0.475 e. The van der Waals surface area contributed by atoms with Crippen molar-refractivity contribution < 1.29 is 19.1 Å². The third-order valence-electron chi connectivity index (χ3n) is 9.70. The first-order valence-electron chi connectivity index (χ1n) is 18.4. The van der Waals surface area contributed by atoms with Crippen LogP contribution in [0.3, 0.4) is 0 Å². The SMILES string of the molecule is CCl.Cc1ncc(-n2ccc3cc(N4CCOc5ncnc(Cl)c5C4=O)ccc32)cn1.Cc1ncc(-n2ccc3cc(N4CCOc5ncnc(N)c5C4=O)ccc32)cn1. The zero-order chi connectivity index (χ0) is 41.9. The number of nitrogens with zero attached hydrogens (tertiary/aromatic N) is 12. The smallest absolute Gasteiger partial charge is 0.267 e. The predicted molar refractivity (Wildman–Crippen MR) is 227 cm³/mol. The number of carbonyl (C=O) groups is 2. The van der Waals surface area contributed by atoms with E-state index in [1.54, 1.807) is 34.6 Å². The van der Waals surface area contributed by atoms with Crippen molar-refractivity contribution in [2.24, 2.45) is 0 Å². The van der Waals surface area contributed by atoms with Gasteiger partial charge in [-0.25, -0.2) is 39.9 Å². The molecule has 2 aliphatic rings. The molecule has 60 heavy (non-hydrogen) atoms. The second-order valence-electron chi connectivity index (χ2n) is 13.2. The van der Waals surface area contributed by atoms with Crippen molar-refractivity contribution in [3.8, 4) is 23.1 Å². The van der Waals surface area contributed by atoms with Gasteiger partial charge in [-0.2, -0.15) is 0 Å². The summed E-state index contributed by atoms with van der Waals surface area (Å²) < 4.78 is 15.2. The van der Waals surface area contributed by atoms with Gasteiger partial charge in [0, 0.05) is 40.9 Å². The lowest BCUT2D eigenvalue weighted by Crippen LogP contribution is -2.32. The molecule has 10 rings (SSSR count). The number of nitrogen functional groups attached to an aromatic ring is 1. The summed E-state index contributed by atoms with van der Waals surface area (Å²) in [6.45, 7) is 5.08. The number of amides is 2. The van der Waals surface area contributed by atoms with E-state index < -0.39 is 0 Å². The summed E-state index contributed by atoms with van der Waals surface area (Å²) in [7, 11) is 0. The van der Waals surface area contributed by atoms with Gasteiger partial charge in [-0.3, -0.25) is 9.59 Å². The number of fused-ring (bicyclic) bond motifs is 4. The highest BCUT2D eigenvalue weighted by atomic mass is 35.5. The Bertz CT molecular complexity index is 2670. The van der Waals surface area contributed by atoms with Gasteiger partial charge in [-0.15, -0.1) is 11.6 Å². The summed E-state index contributed by atoms with van der Waals surface area (Å²) in [4.78, 5) is 62.5. The Labute approximate surface area is 352 Å². The van der Waals surface area contributed by atoms with Crippen LogP contribution in [0.25, 0.3) is 33.2 Å². The maximum Gasteiger partial charge on any atom is 0.267 e. The number of halogens is 2. The van der Waals surface area contributed by atoms with Crippen LogP contribution in [0.2, 0.25) is 5.15 Å². The van der Waals surface area contributed by atoms with E-state index >= 15 is 0 Å². The Morgan fingerprint density at radius 3 is 1.53 bits per heavy atom. The summed E-state index contributed by atoms with van der Waals surface area (Å²) in [5.74, 6) is 1.42. The normalized spacial score (nSPS) is 13.5. The number of aryl methyl sites for hydroxylation is 2. The molecule has 6 aromatic heterocycles. The number of ether oxygens (including phenoxy) is 2. The zero-order valence-electron chi connectivity index (χ0n) is 32.4. The van der Waals surface area contributed by atoms with E-state index in [0.29, 0.717) is 26.3 Å². The molecule has 0 saturated carbocycles. The Hall–Kier alpha value is -7.24. The number of alkyl halides is 1. The lowest BCUT2D eigenvalue weighted by Gasteiger charge is -2.20. The molecule has 0 saturated heterocycles. The molecule has 2 aliphatic heterocycles. The van der Waals surface area contributed by atoms with Gasteiger partial charge < -0.3 is 34.1 Å². The molecule has 2 aromatic carbocycles. The summed E-state index contributed by atoms with van der Waals surface area (Å²) in [6.07, 6.45) is 15.1. The number of aromatic nitrogens is 10. The fraction of sp³-hybridized carbons (Fsp3) is 0.171. The van der Waals surface area contributed by atoms with Gasteiger partial charge in [0.2, 0.25) is 11.8 Å². The van der Waals surface area contributed by atoms with E-state index in [1.807, 2.05) is 83.9 Å². The minimum absolute atomic E-state index is 0.0819. The topological polar surface area (TPSA) is 198 Å². The van der Waals surface area contributed by atoms with Crippen molar-refractivity contribution in [3.05, 3.63) is 126 Å². The van der Waals surface area contributed by atoms with Crippen LogP contribution in [0.15, 0.2) is 98.4 Å². The van der Waals surface area contributed by atoms with Crippen molar-refractivity contribution in [1.82, 2.24) is 49.0 Å². The highest BCUT2D eigenvalue weighted by Crippen LogP contribution is 2.32. The first-order chi connectivity index (χ1) is 29.2. The average molecular weight is 845 g/mol. The maximum absolute atomic E-state index is 13.1. The lowest BCUT2D eigenvalue weighted by molar-refractivity contribution is 0.0982. The van der Waals surface area contributed by atoms with E-state index in [9.17, 15) is 9.59 Å². The third kappa shape index (κ3) is 7.58. The molecule has 17 nitrogen and oxygen atoms in total. The molecule has 0 aliphatic carbocycles. The molecule has 0 bridgehead atoms. The van der Waals surface area contributed by atoms with Crippen LogP contribution in [0.1, 0.15) is 32.4 Å². The highest BCUT2D eigenvalue weighted by molar-refractivity contribution is 6.33. The van der Waals surface area contributed by atoms with Crippen LogP contribution in [-0.4, -0.2) is 93.5 Å². The minimum Gasteiger partial charge on any atom is -0.475 e. The number of carbonyl (C=O) groups excluding carboxylic acids is 2. The molecule has 302 valence electrons. The molecule has 8 heterocycles. The number of hydrogen-bond donors (Lipinski definition) is 1. The fourth-order valence-electron chi connectivity index (χ4n) is 6.83. The van der Waals surface area contributed by atoms with Gasteiger partial charge in [-0.05, 0) is 62.4 Å². The first kappa shape index (κ1) is 39.6. The Morgan fingerprint density at radius 2 is 1.03 bits per heavy atom. The summed E-state index contributed by atoms with van der Waals surface area (Å²) in [5.41, 5.74) is 11.5. The summed E-state index contributed by atoms with van der Waals surface area (Å²) >= 11 is 10.8. The second kappa shape index (κ2) is 16.9. The molecule has 0 unspecified atom stereocenters. The molecule has 0 atom stereocenters. The van der Waals surface area contributed by atoms with Crippen molar-refractivity contribution in [2.45, 2.75) is 13.8 Å². The van der Waals surface area contributed by atoms with Crippen molar-refractivity contribution in [3.63, 3.8) is 0 Å². The van der Waals surface area contributed by atoms with E-state index in [4.69, 9.17) is 26.8 Å². The Balaban J connectivity index is 0.000000160. The summed E-state index contributed by atoms with van der Waals surface area (Å²) in [6, 6.07) is 15.6. The molecular weight excluding hydrogens is 809 g/mol.